The van der Waals surface area contributed by atoms with E-state index in [-0.39, 0.29) is 10.2 Å². The van der Waals surface area contributed by atoms with E-state index in [4.69, 9.17) is 12.2 Å². The van der Waals surface area contributed by atoms with Gasteiger partial charge in [0, 0.05) is 0 Å². The van der Waals surface area contributed by atoms with Crippen LogP contribution in [0.5, 0.6) is 0 Å². The molecule has 2 rings (SSSR count). The van der Waals surface area contributed by atoms with E-state index in [1.54, 1.807) is 0 Å². The zero-order valence-electron chi connectivity index (χ0n) is 8.75. The third-order valence-electron chi connectivity index (χ3n) is 2.15. The number of carbonyl (C=O) groups is 1. The molecule has 0 radical (unpaired) electrons. The Balaban J connectivity index is 2.33. The molecule has 7 heteroatoms. The quantitative estimate of drug-likeness (QED) is 0.629. The highest BCUT2D eigenvalue weighted by atomic mass is 32.2. The number of thioether (sulfide) groups is 1. The molecule has 0 unspecified atom stereocenters. The van der Waals surface area contributed by atoms with Crippen LogP contribution in [0.15, 0.2) is 29.2 Å². The Morgan fingerprint density at radius 2 is 2.06 bits per heavy atom. The fraction of sp³-hybridized carbons (Fsp3) is 0.0909. The third kappa shape index (κ3) is 2.91. The molecule has 0 spiro atoms. The Labute approximate surface area is 110 Å². The monoisotopic (exact) mass is 289 g/mol. The molecule has 1 saturated heterocycles. The fourth-order valence-corrected chi connectivity index (χ4v) is 2.41. The van der Waals surface area contributed by atoms with E-state index < -0.39 is 11.7 Å². The molecule has 1 aliphatic rings. The highest BCUT2D eigenvalue weighted by Crippen LogP contribution is 2.31. The van der Waals surface area contributed by atoms with E-state index in [0.29, 0.717) is 10.5 Å². The Morgan fingerprint density at radius 3 is 2.61 bits per heavy atom. The number of carbonyl (C=O) groups excluding carboxylic acids is 1. The van der Waals surface area contributed by atoms with Gasteiger partial charge in [-0.05, 0) is 35.5 Å². The van der Waals surface area contributed by atoms with Crippen LogP contribution in [0.25, 0.3) is 6.08 Å². The van der Waals surface area contributed by atoms with Gasteiger partial charge in [-0.15, -0.1) is 0 Å². The number of nitrogens with one attached hydrogen (secondary N) is 1. The van der Waals surface area contributed by atoms with Crippen molar-refractivity contribution in [2.24, 2.45) is 0 Å². The van der Waals surface area contributed by atoms with E-state index >= 15 is 0 Å². The molecule has 18 heavy (non-hydrogen) atoms. The average molecular weight is 289 g/mol. The van der Waals surface area contributed by atoms with Crippen LogP contribution in [-0.2, 0) is 6.18 Å². The van der Waals surface area contributed by atoms with Crippen LogP contribution in [0.1, 0.15) is 11.1 Å². The summed E-state index contributed by atoms with van der Waals surface area (Å²) < 4.78 is 37.5. The Morgan fingerprint density at radius 1 is 1.33 bits per heavy atom. The van der Waals surface area contributed by atoms with Crippen LogP contribution in [0.4, 0.5) is 18.0 Å². The molecule has 1 amide bonds. The molecule has 1 aliphatic heterocycles. The van der Waals surface area contributed by atoms with E-state index in [1.165, 1.54) is 18.2 Å². The Hall–Kier alpha value is -1.34. The summed E-state index contributed by atoms with van der Waals surface area (Å²) in [6.45, 7) is 0. The first-order chi connectivity index (χ1) is 8.36. The average Bonchev–Trinajstić information content (AvgIpc) is 2.56. The number of hydrogen-bond donors (Lipinski definition) is 1. The molecule has 0 aliphatic carbocycles. The number of benzene rings is 1. The minimum atomic E-state index is -4.38. The SMILES string of the molecule is O=C1NC(=S)/C(=C/c2cccc(C(F)(F)F)c2)S1. The summed E-state index contributed by atoms with van der Waals surface area (Å²) in [5.74, 6) is 0. The van der Waals surface area contributed by atoms with Gasteiger partial charge in [0.15, 0.2) is 0 Å². The summed E-state index contributed by atoms with van der Waals surface area (Å²) in [6, 6.07) is 4.84. The minimum Gasteiger partial charge on any atom is -0.307 e. The fourth-order valence-electron chi connectivity index (χ4n) is 1.38. The molecule has 1 N–H and O–H groups in total. The third-order valence-corrected chi connectivity index (χ3v) is 3.43. The second-order valence-corrected chi connectivity index (χ2v) is 4.90. The molecule has 2 nitrogen and oxygen atoms in total. The van der Waals surface area contributed by atoms with Gasteiger partial charge in [-0.2, -0.15) is 13.2 Å². The van der Waals surface area contributed by atoms with Gasteiger partial charge in [0.2, 0.25) is 0 Å². The van der Waals surface area contributed by atoms with Crippen LogP contribution >= 0.6 is 24.0 Å². The number of halogens is 3. The van der Waals surface area contributed by atoms with E-state index in [1.807, 2.05) is 0 Å². The second kappa shape index (κ2) is 4.74. The molecule has 1 fully saturated rings. The zero-order valence-corrected chi connectivity index (χ0v) is 10.4. The van der Waals surface area contributed by atoms with Crippen molar-refractivity contribution in [2.75, 3.05) is 0 Å². The molecule has 0 saturated carbocycles. The lowest BCUT2D eigenvalue weighted by atomic mass is 10.1. The van der Waals surface area contributed by atoms with Gasteiger partial charge < -0.3 is 5.32 Å². The zero-order chi connectivity index (χ0) is 13.3. The van der Waals surface area contributed by atoms with Crippen molar-refractivity contribution < 1.29 is 18.0 Å². The summed E-state index contributed by atoms with van der Waals surface area (Å²) in [6.07, 6.45) is -2.92. The standard InChI is InChI=1S/C11H6F3NOS2/c12-11(13,14)7-3-1-2-6(4-7)5-8-9(17)15-10(16)18-8/h1-5H,(H,15,16,17)/b8-5-. The topological polar surface area (TPSA) is 29.1 Å². The maximum Gasteiger partial charge on any atom is 0.416 e. The van der Waals surface area contributed by atoms with Gasteiger partial charge in [0.1, 0.15) is 4.99 Å². The number of rotatable bonds is 1. The summed E-state index contributed by atoms with van der Waals surface area (Å²) in [5, 5.41) is 2.08. The van der Waals surface area contributed by atoms with Crippen molar-refractivity contribution in [1.82, 2.24) is 5.32 Å². The molecule has 0 bridgehead atoms. The van der Waals surface area contributed by atoms with Crippen LogP contribution < -0.4 is 5.32 Å². The van der Waals surface area contributed by atoms with Crippen molar-refractivity contribution in [3.63, 3.8) is 0 Å². The molecule has 0 atom stereocenters. The summed E-state index contributed by atoms with van der Waals surface area (Å²) in [4.78, 5) is 11.7. The normalized spacial score (nSPS) is 18.3. The predicted octanol–water partition coefficient (Wildman–Crippen LogP) is 3.83. The number of alkyl halides is 3. The Kier molecular flexibility index (Phi) is 3.45. The summed E-state index contributed by atoms with van der Waals surface area (Å²) in [7, 11) is 0. The van der Waals surface area contributed by atoms with E-state index in [2.05, 4.69) is 5.32 Å². The van der Waals surface area contributed by atoms with Gasteiger partial charge in [-0.25, -0.2) is 0 Å². The second-order valence-electron chi connectivity index (χ2n) is 3.48. The molecule has 1 heterocycles. The van der Waals surface area contributed by atoms with Gasteiger partial charge >= 0.3 is 6.18 Å². The van der Waals surface area contributed by atoms with Crippen LogP contribution in [0.2, 0.25) is 0 Å². The van der Waals surface area contributed by atoms with Crippen molar-refractivity contribution in [3.8, 4) is 0 Å². The molecule has 1 aromatic rings. The maximum atomic E-state index is 12.5. The van der Waals surface area contributed by atoms with Crippen molar-refractivity contribution in [2.45, 2.75) is 6.18 Å². The smallest absolute Gasteiger partial charge is 0.307 e. The molecule has 0 aromatic heterocycles. The predicted molar refractivity (Wildman–Crippen MR) is 68.1 cm³/mol. The summed E-state index contributed by atoms with van der Waals surface area (Å²) >= 11 is 5.75. The molecule has 1 aromatic carbocycles. The highest BCUT2D eigenvalue weighted by Gasteiger charge is 2.30. The lowest BCUT2D eigenvalue weighted by Gasteiger charge is -2.06. The lowest BCUT2D eigenvalue weighted by molar-refractivity contribution is -0.137. The van der Waals surface area contributed by atoms with Crippen molar-refractivity contribution >= 4 is 40.3 Å². The first-order valence-corrected chi connectivity index (χ1v) is 6.01. The number of thiocarbonyl (C=S) groups is 1. The van der Waals surface area contributed by atoms with Crippen LogP contribution in [-0.4, -0.2) is 10.2 Å². The van der Waals surface area contributed by atoms with Crippen molar-refractivity contribution in [3.05, 3.63) is 40.3 Å². The van der Waals surface area contributed by atoms with E-state index in [9.17, 15) is 18.0 Å². The molecular weight excluding hydrogens is 283 g/mol. The molecule has 94 valence electrons. The number of amides is 1. The first-order valence-electron chi connectivity index (χ1n) is 4.78. The lowest BCUT2D eigenvalue weighted by Crippen LogP contribution is -2.15. The summed E-state index contributed by atoms with van der Waals surface area (Å²) in [5.41, 5.74) is -0.378. The van der Waals surface area contributed by atoms with Crippen molar-refractivity contribution in [1.29, 1.82) is 0 Å². The van der Waals surface area contributed by atoms with Crippen LogP contribution in [0, 0.1) is 0 Å². The van der Waals surface area contributed by atoms with Crippen LogP contribution in [0.3, 0.4) is 0 Å². The van der Waals surface area contributed by atoms with Gasteiger partial charge in [0.05, 0.1) is 10.5 Å². The number of hydrogen-bond acceptors (Lipinski definition) is 3. The first kappa shape index (κ1) is 13.1. The minimum absolute atomic E-state index is 0.238. The highest BCUT2D eigenvalue weighted by molar-refractivity contribution is 8.19. The largest absolute Gasteiger partial charge is 0.416 e. The maximum absolute atomic E-state index is 12.5. The van der Waals surface area contributed by atoms with Gasteiger partial charge in [-0.3, -0.25) is 4.79 Å². The van der Waals surface area contributed by atoms with Gasteiger partial charge in [-0.1, -0.05) is 24.4 Å². The molecular formula is C11H6F3NOS2. The van der Waals surface area contributed by atoms with Gasteiger partial charge in [0.25, 0.3) is 5.24 Å². The Bertz CT molecular complexity index is 551. The van der Waals surface area contributed by atoms with E-state index in [0.717, 1.165) is 23.9 Å².